The minimum Gasteiger partial charge on any atom is -0.870 e. The van der Waals surface area contributed by atoms with Gasteiger partial charge in [-0.05, 0) is 30.7 Å². The number of amides is 1. The molecule has 1 amide bonds. The molecular weight excluding hydrogens is 327 g/mol. The molecule has 3 rings (SSSR count). The number of halogens is 1. The fraction of sp³-hybridized carbons (Fsp3) is 0.118. The van der Waals surface area contributed by atoms with E-state index in [0.717, 1.165) is 0 Å². The van der Waals surface area contributed by atoms with Gasteiger partial charge >= 0.3 is 5.56 Å². The van der Waals surface area contributed by atoms with E-state index in [1.165, 1.54) is 28.6 Å². The van der Waals surface area contributed by atoms with Crippen molar-refractivity contribution in [2.75, 3.05) is 5.32 Å². The van der Waals surface area contributed by atoms with Crippen LogP contribution in [-0.4, -0.2) is 21.3 Å². The van der Waals surface area contributed by atoms with Crippen LogP contribution >= 0.6 is 0 Å². The van der Waals surface area contributed by atoms with Gasteiger partial charge in [0, 0.05) is 13.0 Å². The van der Waals surface area contributed by atoms with Crippen LogP contribution in [0.25, 0.3) is 11.4 Å². The molecule has 0 atom stereocenters. The first-order chi connectivity index (χ1) is 11.5. The van der Waals surface area contributed by atoms with Gasteiger partial charge in [-0.2, -0.15) is 0 Å². The molecule has 3 aromatic rings. The minimum absolute atomic E-state index is 0. The van der Waals surface area contributed by atoms with Crippen molar-refractivity contribution in [1.82, 2.24) is 9.90 Å². The van der Waals surface area contributed by atoms with Crippen LogP contribution in [0.2, 0.25) is 0 Å². The molecule has 2 aromatic carbocycles. The maximum absolute atomic E-state index is 13.8. The van der Waals surface area contributed by atoms with Crippen molar-refractivity contribution in [2.24, 2.45) is 0 Å². The average Bonchev–Trinajstić information content (AvgIpc) is 2.92. The van der Waals surface area contributed by atoms with Crippen LogP contribution in [0.5, 0.6) is 0 Å². The molecule has 1 aromatic heterocycles. The SMILES string of the molecule is CC(=O)Nc1ccccc1-[n+]1cc(=O)n(-c2ccc(C)c(F)c2)[nH]1.[OH-]. The second-order valence-corrected chi connectivity index (χ2v) is 5.40. The zero-order valence-electron chi connectivity index (χ0n) is 13.7. The van der Waals surface area contributed by atoms with Crippen molar-refractivity contribution < 1.29 is 19.3 Å². The number of anilines is 1. The number of aromatic amines is 1. The van der Waals surface area contributed by atoms with E-state index >= 15 is 0 Å². The second-order valence-electron chi connectivity index (χ2n) is 5.40. The minimum atomic E-state index is -0.390. The number of benzene rings is 2. The van der Waals surface area contributed by atoms with Gasteiger partial charge in [0.25, 0.3) is 0 Å². The highest BCUT2D eigenvalue weighted by atomic mass is 19.1. The van der Waals surface area contributed by atoms with Gasteiger partial charge in [0.1, 0.15) is 5.82 Å². The number of nitrogens with zero attached hydrogens (tertiary/aromatic N) is 2. The Morgan fingerprint density at radius 1 is 1.24 bits per heavy atom. The number of carbonyl (C=O) groups excluding carboxylic acids is 1. The lowest BCUT2D eigenvalue weighted by molar-refractivity contribution is -0.660. The van der Waals surface area contributed by atoms with Gasteiger partial charge < -0.3 is 10.8 Å². The van der Waals surface area contributed by atoms with Crippen LogP contribution in [0.1, 0.15) is 12.5 Å². The van der Waals surface area contributed by atoms with Crippen molar-refractivity contribution >= 4 is 11.6 Å². The number of aryl methyl sites for hydroxylation is 1. The summed E-state index contributed by atoms with van der Waals surface area (Å²) >= 11 is 0. The van der Waals surface area contributed by atoms with Crippen LogP contribution in [0.3, 0.4) is 0 Å². The Morgan fingerprint density at radius 3 is 2.64 bits per heavy atom. The molecule has 0 unspecified atom stereocenters. The van der Waals surface area contributed by atoms with Gasteiger partial charge in [0.2, 0.25) is 12.1 Å². The molecule has 3 N–H and O–H groups in total. The van der Waals surface area contributed by atoms with Gasteiger partial charge in [-0.3, -0.25) is 4.79 Å². The molecule has 0 spiro atoms. The van der Waals surface area contributed by atoms with Crippen molar-refractivity contribution in [3.63, 3.8) is 0 Å². The third-order valence-electron chi connectivity index (χ3n) is 3.56. The normalized spacial score (nSPS) is 10.2. The molecule has 0 aliphatic carbocycles. The number of nitrogens with one attached hydrogen (secondary N) is 2. The molecule has 0 aliphatic heterocycles. The van der Waals surface area contributed by atoms with Crippen molar-refractivity contribution in [3.05, 3.63) is 70.4 Å². The summed E-state index contributed by atoms with van der Waals surface area (Å²) in [5, 5.41) is 5.58. The summed E-state index contributed by atoms with van der Waals surface area (Å²) in [6.07, 6.45) is 1.33. The van der Waals surface area contributed by atoms with Crippen LogP contribution < -0.4 is 15.6 Å². The Morgan fingerprint density at radius 2 is 1.96 bits per heavy atom. The van der Waals surface area contributed by atoms with E-state index in [2.05, 4.69) is 10.5 Å². The van der Waals surface area contributed by atoms with Gasteiger partial charge in [0.05, 0.1) is 5.69 Å². The van der Waals surface area contributed by atoms with Crippen LogP contribution in [-0.2, 0) is 4.79 Å². The second kappa shape index (κ2) is 7.10. The number of rotatable bonds is 3. The van der Waals surface area contributed by atoms with Gasteiger partial charge in [-0.1, -0.05) is 28.1 Å². The fourth-order valence-electron chi connectivity index (χ4n) is 2.36. The number of para-hydroxylation sites is 2. The number of aromatic nitrogens is 3. The summed E-state index contributed by atoms with van der Waals surface area (Å²) in [5.41, 5.74) is 1.69. The summed E-state index contributed by atoms with van der Waals surface area (Å²) in [4.78, 5) is 23.6. The monoisotopic (exact) mass is 344 g/mol. The smallest absolute Gasteiger partial charge is 0.398 e. The first-order valence-electron chi connectivity index (χ1n) is 7.33. The molecule has 7 nitrogen and oxygen atoms in total. The lowest BCUT2D eigenvalue weighted by Crippen LogP contribution is -2.34. The lowest BCUT2D eigenvalue weighted by atomic mass is 10.2. The molecule has 0 fully saturated rings. The third-order valence-corrected chi connectivity index (χ3v) is 3.56. The molecular formula is C17H17FN4O3. The van der Waals surface area contributed by atoms with Crippen LogP contribution in [0.15, 0.2) is 53.5 Å². The first-order valence-corrected chi connectivity index (χ1v) is 7.33. The summed E-state index contributed by atoms with van der Waals surface area (Å²) in [7, 11) is 0. The highest BCUT2D eigenvalue weighted by molar-refractivity contribution is 5.90. The molecule has 0 bridgehead atoms. The van der Waals surface area contributed by atoms with Crippen molar-refractivity contribution in [3.8, 4) is 11.4 Å². The predicted octanol–water partition coefficient (Wildman–Crippen LogP) is 1.67. The van der Waals surface area contributed by atoms with E-state index in [0.29, 0.717) is 22.6 Å². The Balaban J connectivity index is 0.00000225. The largest absolute Gasteiger partial charge is 0.870 e. The Bertz CT molecular complexity index is 978. The molecule has 8 heteroatoms. The van der Waals surface area contributed by atoms with E-state index in [4.69, 9.17) is 0 Å². The standard InChI is InChI=1S/C17H15FN4O2.H2O/c1-11-7-8-13(9-14(11)18)22-17(24)10-21(20-22)16-6-4-3-5-15(16)19-12(2)23;/h3-10H,1-2H3,(H-,19,20,23,24);1H2. The molecule has 0 saturated heterocycles. The summed E-state index contributed by atoms with van der Waals surface area (Å²) in [6.45, 7) is 3.06. The topological polar surface area (TPSA) is 101 Å². The van der Waals surface area contributed by atoms with Gasteiger partial charge in [0.15, 0.2) is 11.4 Å². The maximum Gasteiger partial charge on any atom is 0.398 e. The lowest BCUT2D eigenvalue weighted by Gasteiger charge is -2.05. The third kappa shape index (κ3) is 3.64. The van der Waals surface area contributed by atoms with Gasteiger partial charge in [-0.25, -0.2) is 9.18 Å². The molecule has 0 aliphatic rings. The number of carbonyl (C=O) groups is 1. The highest BCUT2D eigenvalue weighted by Crippen LogP contribution is 2.14. The summed E-state index contributed by atoms with van der Waals surface area (Å²) in [6, 6.07) is 11.6. The molecule has 130 valence electrons. The van der Waals surface area contributed by atoms with Crippen molar-refractivity contribution in [2.45, 2.75) is 13.8 Å². The zero-order valence-corrected chi connectivity index (χ0v) is 13.7. The predicted molar refractivity (Wildman–Crippen MR) is 88.9 cm³/mol. The average molecular weight is 344 g/mol. The van der Waals surface area contributed by atoms with Gasteiger partial charge in [-0.15, -0.1) is 4.68 Å². The van der Waals surface area contributed by atoms with E-state index in [9.17, 15) is 14.0 Å². The zero-order chi connectivity index (χ0) is 17.3. The Kier molecular flexibility index (Phi) is 5.14. The molecule has 1 heterocycles. The van der Waals surface area contributed by atoms with Crippen LogP contribution in [0, 0.1) is 12.7 Å². The maximum atomic E-state index is 13.8. The fourth-order valence-corrected chi connectivity index (χ4v) is 2.36. The quantitative estimate of drug-likeness (QED) is 0.707. The van der Waals surface area contributed by atoms with Crippen LogP contribution in [0.4, 0.5) is 10.1 Å². The number of hydrogen-bond donors (Lipinski definition) is 2. The summed E-state index contributed by atoms with van der Waals surface area (Å²) < 4.78 is 16.5. The number of H-pyrrole nitrogens is 1. The van der Waals surface area contributed by atoms with Crippen molar-refractivity contribution in [1.29, 1.82) is 0 Å². The Hall–Kier alpha value is -3.26. The van der Waals surface area contributed by atoms with E-state index < -0.39 is 0 Å². The number of hydrogen-bond acceptors (Lipinski definition) is 3. The molecule has 25 heavy (non-hydrogen) atoms. The van der Waals surface area contributed by atoms with E-state index in [1.807, 2.05) is 0 Å². The van der Waals surface area contributed by atoms with E-state index in [1.54, 1.807) is 43.3 Å². The molecule has 0 saturated carbocycles. The highest BCUT2D eigenvalue weighted by Gasteiger charge is 2.18. The molecule has 0 radical (unpaired) electrons. The first kappa shape index (κ1) is 18.1. The summed E-state index contributed by atoms with van der Waals surface area (Å²) in [5.74, 6) is -0.607. The van der Waals surface area contributed by atoms with E-state index in [-0.39, 0.29) is 22.8 Å². The Labute approximate surface area is 142 Å².